The molecule has 0 aliphatic carbocycles. The zero-order valence-electron chi connectivity index (χ0n) is 13.0. The molecule has 1 amide bonds. The molecule has 1 aliphatic rings. The fourth-order valence-electron chi connectivity index (χ4n) is 2.85. The predicted molar refractivity (Wildman–Crippen MR) is 89.3 cm³/mol. The minimum atomic E-state index is -2.74. The van der Waals surface area contributed by atoms with Crippen molar-refractivity contribution in [1.82, 2.24) is 14.5 Å². The molecule has 0 spiro atoms. The van der Waals surface area contributed by atoms with Gasteiger partial charge in [0.05, 0.1) is 24.1 Å². The van der Waals surface area contributed by atoms with E-state index in [-0.39, 0.29) is 12.5 Å². The molecular formula is C17H15F2N3OS. The van der Waals surface area contributed by atoms with Gasteiger partial charge in [-0.25, -0.2) is 8.78 Å². The molecule has 0 bridgehead atoms. The average molecular weight is 347 g/mol. The summed E-state index contributed by atoms with van der Waals surface area (Å²) in [7, 11) is 0. The summed E-state index contributed by atoms with van der Waals surface area (Å²) in [6.45, 7) is 1.12. The fourth-order valence-corrected chi connectivity index (χ4v) is 3.74. The van der Waals surface area contributed by atoms with Crippen molar-refractivity contribution in [3.63, 3.8) is 0 Å². The topological polar surface area (TPSA) is 38.1 Å². The van der Waals surface area contributed by atoms with Gasteiger partial charge in [-0.15, -0.1) is 11.3 Å². The number of thiophene rings is 1. The number of likely N-dealkylation sites (tertiary alicyclic amines) is 1. The second kappa shape index (κ2) is 5.37. The van der Waals surface area contributed by atoms with Gasteiger partial charge in [-0.2, -0.15) is 0 Å². The molecule has 0 unspecified atom stereocenters. The van der Waals surface area contributed by atoms with Crippen LogP contribution in [0.15, 0.2) is 36.0 Å². The molecule has 24 heavy (non-hydrogen) atoms. The number of hydrogen-bond acceptors (Lipinski definition) is 3. The van der Waals surface area contributed by atoms with Crippen LogP contribution < -0.4 is 0 Å². The van der Waals surface area contributed by atoms with Crippen LogP contribution in [0.25, 0.3) is 21.5 Å². The van der Waals surface area contributed by atoms with Crippen LogP contribution >= 0.6 is 11.3 Å². The third-order valence-electron chi connectivity index (χ3n) is 4.14. The molecule has 1 aliphatic heterocycles. The summed E-state index contributed by atoms with van der Waals surface area (Å²) >= 11 is 1.64. The zero-order chi connectivity index (χ0) is 16.9. The molecule has 124 valence electrons. The van der Waals surface area contributed by atoms with Gasteiger partial charge in [0.1, 0.15) is 6.54 Å². The van der Waals surface area contributed by atoms with E-state index in [9.17, 15) is 13.6 Å². The lowest BCUT2D eigenvalue weighted by atomic mass is 10.1. The molecule has 1 fully saturated rings. The number of amides is 1. The molecule has 0 aromatic carbocycles. The first kappa shape index (κ1) is 15.3. The quantitative estimate of drug-likeness (QED) is 0.727. The Morgan fingerprint density at radius 2 is 2.17 bits per heavy atom. The van der Waals surface area contributed by atoms with Crippen LogP contribution in [0.3, 0.4) is 0 Å². The van der Waals surface area contributed by atoms with Gasteiger partial charge < -0.3 is 9.47 Å². The number of aromatic nitrogens is 2. The number of fused-ring (bicyclic) bond motifs is 1. The van der Waals surface area contributed by atoms with E-state index < -0.39 is 19.0 Å². The third-order valence-corrected chi connectivity index (χ3v) is 5.23. The molecule has 4 nitrogen and oxygen atoms in total. The summed E-state index contributed by atoms with van der Waals surface area (Å²) in [5, 5.41) is 2.08. The number of carbonyl (C=O) groups excluding carboxylic acids is 1. The molecule has 4 heterocycles. The highest BCUT2D eigenvalue weighted by Gasteiger charge is 2.46. The number of carbonyl (C=O) groups is 1. The molecule has 4 rings (SSSR count). The summed E-state index contributed by atoms with van der Waals surface area (Å²) in [5.41, 5.74) is 3.80. The number of halogens is 2. The maximum atomic E-state index is 12.9. The largest absolute Gasteiger partial charge is 0.337 e. The number of nitrogens with zero attached hydrogens (tertiary/aromatic N) is 3. The Kier molecular flexibility index (Phi) is 3.42. The minimum Gasteiger partial charge on any atom is -0.337 e. The Hall–Kier alpha value is -2.28. The summed E-state index contributed by atoms with van der Waals surface area (Å²) in [6, 6.07) is 5.91. The van der Waals surface area contributed by atoms with Crippen LogP contribution in [0.1, 0.15) is 5.56 Å². The van der Waals surface area contributed by atoms with Crippen LogP contribution in [0.4, 0.5) is 8.78 Å². The number of rotatable bonds is 3. The smallest absolute Gasteiger partial charge is 0.282 e. The van der Waals surface area contributed by atoms with Crippen molar-refractivity contribution in [3.05, 3.63) is 41.5 Å². The Morgan fingerprint density at radius 1 is 1.38 bits per heavy atom. The first-order valence-corrected chi connectivity index (χ1v) is 8.45. The van der Waals surface area contributed by atoms with Gasteiger partial charge in [0, 0.05) is 22.8 Å². The molecule has 1 saturated heterocycles. The molecule has 0 atom stereocenters. The maximum absolute atomic E-state index is 12.9. The lowest BCUT2D eigenvalue weighted by molar-refractivity contribution is -0.166. The van der Waals surface area contributed by atoms with E-state index in [0.29, 0.717) is 0 Å². The lowest BCUT2D eigenvalue weighted by Gasteiger charge is -2.38. The van der Waals surface area contributed by atoms with Crippen molar-refractivity contribution in [1.29, 1.82) is 0 Å². The van der Waals surface area contributed by atoms with Crippen molar-refractivity contribution in [2.75, 3.05) is 13.1 Å². The summed E-state index contributed by atoms with van der Waals surface area (Å²) in [6.07, 6.45) is 3.59. The van der Waals surface area contributed by atoms with Crippen molar-refractivity contribution in [3.8, 4) is 10.4 Å². The summed E-state index contributed by atoms with van der Waals surface area (Å²) in [4.78, 5) is 18.9. The average Bonchev–Trinajstić information content (AvgIpc) is 3.11. The van der Waals surface area contributed by atoms with Gasteiger partial charge in [0.15, 0.2) is 0 Å². The normalized spacial score (nSPS) is 16.4. The lowest BCUT2D eigenvalue weighted by Crippen LogP contribution is -2.59. The Morgan fingerprint density at radius 3 is 2.83 bits per heavy atom. The third kappa shape index (κ3) is 2.69. The zero-order valence-corrected chi connectivity index (χ0v) is 13.8. The predicted octanol–water partition coefficient (Wildman–Crippen LogP) is 3.55. The van der Waals surface area contributed by atoms with Gasteiger partial charge in [-0.1, -0.05) is 0 Å². The van der Waals surface area contributed by atoms with E-state index in [1.165, 1.54) is 10.5 Å². The van der Waals surface area contributed by atoms with Crippen LogP contribution in [0, 0.1) is 6.92 Å². The minimum absolute atomic E-state index is 0.0498. The first-order valence-electron chi connectivity index (χ1n) is 7.57. The molecule has 3 aromatic rings. The number of pyridine rings is 1. The summed E-state index contributed by atoms with van der Waals surface area (Å²) < 4.78 is 27.6. The van der Waals surface area contributed by atoms with E-state index in [4.69, 9.17) is 0 Å². The van der Waals surface area contributed by atoms with Gasteiger partial charge >= 0.3 is 0 Å². The fraction of sp³-hybridized carbons (Fsp3) is 0.294. The Labute approximate surface area is 141 Å². The highest BCUT2D eigenvalue weighted by atomic mass is 32.1. The Bertz CT molecular complexity index is 923. The molecule has 3 aromatic heterocycles. The second-order valence-electron chi connectivity index (χ2n) is 6.17. The van der Waals surface area contributed by atoms with E-state index in [2.05, 4.69) is 16.4 Å². The van der Waals surface area contributed by atoms with Gasteiger partial charge in [0.2, 0.25) is 5.91 Å². The van der Waals surface area contributed by atoms with E-state index in [1.54, 1.807) is 22.1 Å². The van der Waals surface area contributed by atoms with Crippen molar-refractivity contribution in [2.24, 2.45) is 0 Å². The van der Waals surface area contributed by atoms with Crippen LogP contribution in [0.2, 0.25) is 0 Å². The monoisotopic (exact) mass is 347 g/mol. The molecule has 7 heteroatoms. The molecule has 0 radical (unpaired) electrons. The number of alkyl halides is 2. The van der Waals surface area contributed by atoms with Gasteiger partial charge in [0.25, 0.3) is 5.92 Å². The van der Waals surface area contributed by atoms with E-state index in [1.807, 2.05) is 25.3 Å². The van der Waals surface area contributed by atoms with Crippen molar-refractivity contribution >= 4 is 28.3 Å². The van der Waals surface area contributed by atoms with Crippen LogP contribution in [0.5, 0.6) is 0 Å². The van der Waals surface area contributed by atoms with Gasteiger partial charge in [-0.3, -0.25) is 9.78 Å². The second-order valence-corrected chi connectivity index (χ2v) is 7.08. The highest BCUT2D eigenvalue weighted by molar-refractivity contribution is 7.13. The van der Waals surface area contributed by atoms with E-state index in [0.717, 1.165) is 21.5 Å². The molecule has 0 saturated carbocycles. The first-order chi connectivity index (χ1) is 11.4. The highest BCUT2D eigenvalue weighted by Crippen LogP contribution is 2.30. The summed E-state index contributed by atoms with van der Waals surface area (Å²) in [5.74, 6) is -3.03. The maximum Gasteiger partial charge on any atom is 0.282 e. The van der Waals surface area contributed by atoms with Crippen molar-refractivity contribution < 1.29 is 13.6 Å². The van der Waals surface area contributed by atoms with Crippen LogP contribution in [-0.4, -0.2) is 39.4 Å². The SMILES string of the molecule is Cc1csc(-c2cnc3ccn(CC(=O)N4CC(F)(F)C4)c3c2)c1. The van der Waals surface area contributed by atoms with E-state index >= 15 is 0 Å². The number of aryl methyl sites for hydroxylation is 1. The molecule has 0 N–H and O–H groups in total. The van der Waals surface area contributed by atoms with Gasteiger partial charge in [-0.05, 0) is 36.1 Å². The number of hydrogen-bond donors (Lipinski definition) is 0. The molecular weight excluding hydrogens is 332 g/mol. The Balaban J connectivity index is 1.60. The standard InChI is InChI=1S/C17H15F2N3OS/c1-11-4-15(24-8-11)12-5-14-13(20-6-12)2-3-21(14)7-16(23)22-9-17(18,19)10-22/h2-6,8H,7,9-10H2,1H3. The van der Waals surface area contributed by atoms with Crippen LogP contribution in [-0.2, 0) is 11.3 Å². The van der Waals surface area contributed by atoms with Crippen molar-refractivity contribution in [2.45, 2.75) is 19.4 Å².